The van der Waals surface area contributed by atoms with Crippen LogP contribution in [-0.4, -0.2) is 34.6 Å². The minimum Gasteiger partial charge on any atom is -0.497 e. The summed E-state index contributed by atoms with van der Waals surface area (Å²) in [5.41, 5.74) is 2.52. The zero-order valence-electron chi connectivity index (χ0n) is 20.2. The molecule has 3 aromatic rings. The molecule has 4 rings (SSSR count). The summed E-state index contributed by atoms with van der Waals surface area (Å²) in [5, 5.41) is 3.47. The number of benzene rings is 3. The molecular formula is C27H29ClN2O5S. The molecule has 1 aliphatic rings. The normalized spacial score (nSPS) is 15.0. The molecular weight excluding hydrogens is 500 g/mol. The minimum absolute atomic E-state index is 0.0451. The molecule has 1 N–H and O–H groups in total. The first-order valence-corrected chi connectivity index (χ1v) is 13.6. The summed E-state index contributed by atoms with van der Waals surface area (Å²) >= 11 is 5.96. The monoisotopic (exact) mass is 528 g/mol. The molecule has 190 valence electrons. The number of sulfonamides is 1. The molecule has 3 aromatic carbocycles. The number of ether oxygens (including phenoxy) is 2. The lowest BCUT2D eigenvalue weighted by Crippen LogP contribution is -2.42. The van der Waals surface area contributed by atoms with Gasteiger partial charge < -0.3 is 14.8 Å². The van der Waals surface area contributed by atoms with E-state index in [1.165, 1.54) is 24.3 Å². The fourth-order valence-electron chi connectivity index (χ4n) is 4.36. The third kappa shape index (κ3) is 5.77. The average Bonchev–Trinajstić information content (AvgIpc) is 2.88. The number of hydrogen-bond donors (Lipinski definition) is 1. The molecule has 0 aliphatic heterocycles. The smallest absolute Gasteiger partial charge is 0.264 e. The second-order valence-electron chi connectivity index (χ2n) is 8.47. The van der Waals surface area contributed by atoms with Crippen LogP contribution in [-0.2, 0) is 21.2 Å². The van der Waals surface area contributed by atoms with Gasteiger partial charge in [0.1, 0.15) is 18.0 Å². The second-order valence-corrected chi connectivity index (χ2v) is 10.8. The van der Waals surface area contributed by atoms with Gasteiger partial charge in [-0.2, -0.15) is 0 Å². The van der Waals surface area contributed by atoms with Gasteiger partial charge in [0.25, 0.3) is 10.0 Å². The Bertz CT molecular complexity index is 1310. The molecule has 1 amide bonds. The van der Waals surface area contributed by atoms with E-state index in [0.717, 1.165) is 40.4 Å². The van der Waals surface area contributed by atoms with Crippen molar-refractivity contribution in [3.8, 4) is 11.5 Å². The van der Waals surface area contributed by atoms with Gasteiger partial charge in [0.2, 0.25) is 5.91 Å². The predicted molar refractivity (Wildman–Crippen MR) is 140 cm³/mol. The van der Waals surface area contributed by atoms with Gasteiger partial charge >= 0.3 is 0 Å². The van der Waals surface area contributed by atoms with Crippen LogP contribution in [0.2, 0.25) is 5.02 Å². The van der Waals surface area contributed by atoms with Gasteiger partial charge in [0.05, 0.1) is 30.3 Å². The largest absolute Gasteiger partial charge is 0.497 e. The Kier molecular flexibility index (Phi) is 8.06. The number of halogens is 1. The van der Waals surface area contributed by atoms with Gasteiger partial charge in [-0.1, -0.05) is 17.7 Å². The number of carbonyl (C=O) groups is 1. The summed E-state index contributed by atoms with van der Waals surface area (Å²) in [6, 6.07) is 18.2. The van der Waals surface area contributed by atoms with Gasteiger partial charge in [-0.3, -0.25) is 9.10 Å². The Hall–Kier alpha value is -3.23. The lowest BCUT2D eigenvalue weighted by molar-refractivity contribution is -0.120. The van der Waals surface area contributed by atoms with E-state index in [2.05, 4.69) is 5.32 Å². The molecule has 1 atom stereocenters. The topological polar surface area (TPSA) is 84.9 Å². The summed E-state index contributed by atoms with van der Waals surface area (Å²) < 4.78 is 39.1. The van der Waals surface area contributed by atoms with Crippen LogP contribution < -0.4 is 19.1 Å². The van der Waals surface area contributed by atoms with Crippen molar-refractivity contribution >= 4 is 33.2 Å². The van der Waals surface area contributed by atoms with E-state index >= 15 is 0 Å². The Morgan fingerprint density at radius 1 is 1.06 bits per heavy atom. The highest BCUT2D eigenvalue weighted by Crippen LogP contribution is 2.32. The van der Waals surface area contributed by atoms with Crippen LogP contribution in [0.25, 0.3) is 0 Å². The Balaban J connectivity index is 1.61. The molecule has 0 saturated heterocycles. The molecule has 1 unspecified atom stereocenters. The number of nitrogens with zero attached hydrogens (tertiary/aromatic N) is 1. The lowest BCUT2D eigenvalue weighted by Gasteiger charge is -2.29. The fraction of sp³-hybridized carbons (Fsp3) is 0.296. The number of aryl methyl sites for hydroxylation is 1. The third-order valence-electron chi connectivity index (χ3n) is 6.12. The van der Waals surface area contributed by atoms with Gasteiger partial charge in [-0.15, -0.1) is 0 Å². The number of anilines is 1. The van der Waals surface area contributed by atoms with Crippen molar-refractivity contribution in [3.05, 3.63) is 82.9 Å². The first kappa shape index (κ1) is 25.9. The van der Waals surface area contributed by atoms with Crippen molar-refractivity contribution in [2.24, 2.45) is 0 Å². The van der Waals surface area contributed by atoms with E-state index in [9.17, 15) is 13.2 Å². The Labute approximate surface area is 217 Å². The standard InChI is InChI=1S/C27H29ClN2O5S/c1-3-35-22-11-9-21(10-12-22)30(36(32,33)24-14-7-20(28)8-15-24)18-27(31)29-26-6-4-5-19-17-23(34-2)13-16-25(19)26/h7-17,26H,3-6,18H2,1-2H3,(H,29,31). The molecule has 0 saturated carbocycles. The Morgan fingerprint density at radius 2 is 1.75 bits per heavy atom. The zero-order chi connectivity index (χ0) is 25.7. The fourth-order valence-corrected chi connectivity index (χ4v) is 5.91. The molecule has 0 fully saturated rings. The number of methoxy groups -OCH3 is 1. The predicted octanol–water partition coefficient (Wildman–Crippen LogP) is 5.14. The molecule has 0 bridgehead atoms. The van der Waals surface area contributed by atoms with Crippen LogP contribution in [0, 0.1) is 0 Å². The molecule has 0 radical (unpaired) electrons. The third-order valence-corrected chi connectivity index (χ3v) is 8.16. The van der Waals surface area contributed by atoms with Gasteiger partial charge in [0, 0.05) is 5.02 Å². The van der Waals surface area contributed by atoms with E-state index in [1.54, 1.807) is 31.4 Å². The Morgan fingerprint density at radius 3 is 2.42 bits per heavy atom. The molecule has 9 heteroatoms. The van der Waals surface area contributed by atoms with E-state index < -0.39 is 15.9 Å². The van der Waals surface area contributed by atoms with Crippen molar-refractivity contribution in [3.63, 3.8) is 0 Å². The number of fused-ring (bicyclic) bond motifs is 1. The van der Waals surface area contributed by atoms with Crippen molar-refractivity contribution in [2.45, 2.75) is 37.1 Å². The van der Waals surface area contributed by atoms with E-state index in [4.69, 9.17) is 21.1 Å². The van der Waals surface area contributed by atoms with Crippen LogP contribution in [0.1, 0.15) is 36.9 Å². The molecule has 7 nitrogen and oxygen atoms in total. The maximum atomic E-state index is 13.6. The van der Waals surface area contributed by atoms with Crippen molar-refractivity contribution in [2.75, 3.05) is 24.6 Å². The van der Waals surface area contributed by atoms with Gasteiger partial charge in [-0.05, 0) is 98.0 Å². The van der Waals surface area contributed by atoms with E-state index in [1.807, 2.05) is 25.1 Å². The summed E-state index contributed by atoms with van der Waals surface area (Å²) in [6.07, 6.45) is 2.59. The van der Waals surface area contributed by atoms with Crippen LogP contribution in [0.5, 0.6) is 11.5 Å². The molecule has 1 aliphatic carbocycles. The summed E-state index contributed by atoms with van der Waals surface area (Å²) in [5.74, 6) is 0.996. The van der Waals surface area contributed by atoms with Crippen LogP contribution in [0.4, 0.5) is 5.69 Å². The average molecular weight is 529 g/mol. The first-order chi connectivity index (χ1) is 17.3. The van der Waals surface area contributed by atoms with Gasteiger partial charge in [0.15, 0.2) is 0 Å². The highest BCUT2D eigenvalue weighted by molar-refractivity contribution is 7.92. The quantitative estimate of drug-likeness (QED) is 0.416. The van der Waals surface area contributed by atoms with E-state index in [-0.39, 0.29) is 17.5 Å². The maximum Gasteiger partial charge on any atom is 0.264 e. The molecule has 36 heavy (non-hydrogen) atoms. The van der Waals surface area contributed by atoms with Crippen LogP contribution >= 0.6 is 11.6 Å². The summed E-state index contributed by atoms with van der Waals surface area (Å²) in [4.78, 5) is 13.3. The summed E-state index contributed by atoms with van der Waals surface area (Å²) in [6.45, 7) is 1.99. The number of rotatable bonds is 9. The summed E-state index contributed by atoms with van der Waals surface area (Å²) in [7, 11) is -2.42. The van der Waals surface area contributed by atoms with E-state index in [0.29, 0.717) is 23.1 Å². The number of carbonyl (C=O) groups excluding carboxylic acids is 1. The lowest BCUT2D eigenvalue weighted by atomic mass is 9.87. The highest BCUT2D eigenvalue weighted by atomic mass is 35.5. The first-order valence-electron chi connectivity index (χ1n) is 11.8. The minimum atomic E-state index is -4.04. The van der Waals surface area contributed by atoms with Crippen molar-refractivity contribution < 1.29 is 22.7 Å². The van der Waals surface area contributed by atoms with Gasteiger partial charge in [-0.25, -0.2) is 8.42 Å². The number of amides is 1. The maximum absolute atomic E-state index is 13.6. The number of hydrogen-bond acceptors (Lipinski definition) is 5. The zero-order valence-corrected chi connectivity index (χ0v) is 21.8. The molecule has 0 aromatic heterocycles. The number of nitrogens with one attached hydrogen (secondary N) is 1. The van der Waals surface area contributed by atoms with Crippen molar-refractivity contribution in [1.82, 2.24) is 5.32 Å². The van der Waals surface area contributed by atoms with Crippen LogP contribution in [0.15, 0.2) is 71.6 Å². The highest BCUT2D eigenvalue weighted by Gasteiger charge is 2.29. The SMILES string of the molecule is CCOc1ccc(N(CC(=O)NC2CCCc3cc(OC)ccc32)S(=O)(=O)c2ccc(Cl)cc2)cc1. The molecule has 0 spiro atoms. The van der Waals surface area contributed by atoms with Crippen molar-refractivity contribution in [1.29, 1.82) is 0 Å². The molecule has 0 heterocycles. The second kappa shape index (κ2) is 11.2. The van der Waals surface area contributed by atoms with Crippen LogP contribution in [0.3, 0.4) is 0 Å².